The van der Waals surface area contributed by atoms with Crippen LogP contribution in [0.15, 0.2) is 77.0 Å². The van der Waals surface area contributed by atoms with Gasteiger partial charge >= 0.3 is 0 Å². The average molecular weight is 438 g/mol. The Kier molecular flexibility index (Phi) is 6.29. The van der Waals surface area contributed by atoms with Gasteiger partial charge in [0.05, 0.1) is 6.20 Å². The van der Waals surface area contributed by atoms with Gasteiger partial charge in [0.2, 0.25) is 15.9 Å². The molecule has 31 heavy (non-hydrogen) atoms. The summed E-state index contributed by atoms with van der Waals surface area (Å²) in [7, 11) is -3.52. The Morgan fingerprint density at radius 3 is 2.58 bits per heavy atom. The molecule has 3 aromatic rings. The summed E-state index contributed by atoms with van der Waals surface area (Å²) in [5, 5.41) is 4.17. The standard InChI is InChI=1S/C23H23N3O4S/c27-23(25-21-8-4-7-20(15-21)22-16-24-17-30-22)19-9-12-26(13-10-19)31(28,29)14-11-18-5-2-1-3-6-18/h1-8,11,14-17,19H,9-10,12-13H2,(H,25,27). The van der Waals surface area contributed by atoms with Crippen molar-refractivity contribution >= 4 is 27.7 Å². The molecule has 0 spiro atoms. The first kappa shape index (κ1) is 21.0. The first-order valence-corrected chi connectivity index (χ1v) is 11.5. The van der Waals surface area contributed by atoms with Gasteiger partial charge < -0.3 is 9.73 Å². The highest BCUT2D eigenvalue weighted by atomic mass is 32.2. The normalized spacial score (nSPS) is 15.9. The number of oxazole rings is 1. The Balaban J connectivity index is 1.34. The molecule has 1 saturated heterocycles. The number of carbonyl (C=O) groups excluding carboxylic acids is 1. The zero-order valence-corrected chi connectivity index (χ0v) is 17.7. The number of hydrogen-bond donors (Lipinski definition) is 1. The molecule has 0 atom stereocenters. The van der Waals surface area contributed by atoms with Crippen molar-refractivity contribution in [3.05, 3.63) is 78.2 Å². The SMILES string of the molecule is O=C(Nc1cccc(-c2cnco2)c1)C1CCN(S(=O)(=O)C=Cc2ccccc2)CC1. The minimum absolute atomic E-state index is 0.105. The molecule has 2 heterocycles. The number of aromatic nitrogens is 1. The van der Waals surface area contributed by atoms with E-state index in [0.717, 1.165) is 11.1 Å². The van der Waals surface area contributed by atoms with Crippen molar-refractivity contribution in [1.29, 1.82) is 0 Å². The van der Waals surface area contributed by atoms with Crippen molar-refractivity contribution in [2.45, 2.75) is 12.8 Å². The van der Waals surface area contributed by atoms with Crippen LogP contribution in [0.25, 0.3) is 17.4 Å². The largest absolute Gasteiger partial charge is 0.444 e. The van der Waals surface area contributed by atoms with E-state index in [4.69, 9.17) is 4.42 Å². The van der Waals surface area contributed by atoms with Gasteiger partial charge in [-0.2, -0.15) is 4.31 Å². The number of carbonyl (C=O) groups is 1. The van der Waals surface area contributed by atoms with E-state index in [9.17, 15) is 13.2 Å². The summed E-state index contributed by atoms with van der Waals surface area (Å²) in [5.41, 5.74) is 2.31. The van der Waals surface area contributed by atoms with Crippen molar-refractivity contribution in [3.8, 4) is 11.3 Å². The van der Waals surface area contributed by atoms with E-state index < -0.39 is 10.0 Å². The molecule has 7 nitrogen and oxygen atoms in total. The Bertz CT molecular complexity index is 1150. The molecule has 1 aromatic heterocycles. The second-order valence-electron chi connectivity index (χ2n) is 7.37. The topological polar surface area (TPSA) is 92.5 Å². The van der Waals surface area contributed by atoms with Crippen LogP contribution in [0.2, 0.25) is 0 Å². The summed E-state index contributed by atoms with van der Waals surface area (Å²) < 4.78 is 31.9. The van der Waals surface area contributed by atoms with Crippen LogP contribution >= 0.6 is 0 Å². The number of nitrogens with zero attached hydrogens (tertiary/aromatic N) is 2. The van der Waals surface area contributed by atoms with Crippen LogP contribution in [0, 0.1) is 5.92 Å². The second kappa shape index (κ2) is 9.28. The molecule has 2 aromatic carbocycles. The molecule has 0 radical (unpaired) electrons. The van der Waals surface area contributed by atoms with Gasteiger partial charge in [-0.05, 0) is 36.6 Å². The zero-order valence-electron chi connectivity index (χ0n) is 16.8. The van der Waals surface area contributed by atoms with Crippen LogP contribution in [0.3, 0.4) is 0 Å². The van der Waals surface area contributed by atoms with Crippen molar-refractivity contribution in [2.75, 3.05) is 18.4 Å². The predicted octanol–water partition coefficient (Wildman–Crippen LogP) is 3.99. The van der Waals surface area contributed by atoms with E-state index in [1.165, 1.54) is 16.1 Å². The minimum Gasteiger partial charge on any atom is -0.444 e. The average Bonchev–Trinajstić information content (AvgIpc) is 3.34. The van der Waals surface area contributed by atoms with Gasteiger partial charge in [-0.1, -0.05) is 42.5 Å². The summed E-state index contributed by atoms with van der Waals surface area (Å²) in [6.45, 7) is 0.634. The maximum atomic E-state index is 12.7. The third-order valence-electron chi connectivity index (χ3n) is 5.26. The molecule has 0 unspecified atom stereocenters. The first-order chi connectivity index (χ1) is 15.0. The third-order valence-corrected chi connectivity index (χ3v) is 6.83. The smallest absolute Gasteiger partial charge is 0.236 e. The molecule has 0 saturated carbocycles. The van der Waals surface area contributed by atoms with Crippen LogP contribution < -0.4 is 5.32 Å². The molecular weight excluding hydrogens is 414 g/mol. The minimum atomic E-state index is -3.52. The lowest BCUT2D eigenvalue weighted by Crippen LogP contribution is -2.40. The first-order valence-electron chi connectivity index (χ1n) is 10.0. The van der Waals surface area contributed by atoms with E-state index in [2.05, 4.69) is 10.3 Å². The number of benzene rings is 2. The molecule has 0 bridgehead atoms. The summed E-state index contributed by atoms with van der Waals surface area (Å²) >= 11 is 0. The highest BCUT2D eigenvalue weighted by Crippen LogP contribution is 2.25. The maximum Gasteiger partial charge on any atom is 0.236 e. The van der Waals surface area contributed by atoms with Crippen LogP contribution in [-0.2, 0) is 14.8 Å². The van der Waals surface area contributed by atoms with E-state index in [1.54, 1.807) is 12.3 Å². The van der Waals surface area contributed by atoms with Gasteiger partial charge in [-0.25, -0.2) is 13.4 Å². The van der Waals surface area contributed by atoms with Gasteiger partial charge in [0, 0.05) is 35.7 Å². The van der Waals surface area contributed by atoms with Gasteiger partial charge in [0.15, 0.2) is 12.2 Å². The molecule has 1 aliphatic rings. The van der Waals surface area contributed by atoms with Gasteiger partial charge in [-0.3, -0.25) is 4.79 Å². The van der Waals surface area contributed by atoms with Gasteiger partial charge in [-0.15, -0.1) is 0 Å². The molecule has 1 fully saturated rings. The number of piperidine rings is 1. The molecule has 1 N–H and O–H groups in total. The van der Waals surface area contributed by atoms with Crippen LogP contribution in [0.4, 0.5) is 5.69 Å². The zero-order chi connectivity index (χ0) is 21.7. The van der Waals surface area contributed by atoms with Crippen molar-refractivity contribution < 1.29 is 17.6 Å². The Labute approximate surface area is 181 Å². The summed E-state index contributed by atoms with van der Waals surface area (Å²) in [6, 6.07) is 16.6. The number of rotatable bonds is 6. The molecular formula is C23H23N3O4S. The highest BCUT2D eigenvalue weighted by molar-refractivity contribution is 7.92. The van der Waals surface area contributed by atoms with Gasteiger partial charge in [0.1, 0.15) is 0 Å². The molecule has 8 heteroatoms. The Morgan fingerprint density at radius 2 is 1.87 bits per heavy atom. The van der Waals surface area contributed by atoms with Crippen molar-refractivity contribution in [2.24, 2.45) is 5.92 Å². The fourth-order valence-electron chi connectivity index (χ4n) is 3.54. The predicted molar refractivity (Wildman–Crippen MR) is 119 cm³/mol. The van der Waals surface area contributed by atoms with Crippen LogP contribution in [0.5, 0.6) is 0 Å². The fourth-order valence-corrected chi connectivity index (χ4v) is 4.76. The monoisotopic (exact) mass is 437 g/mol. The van der Waals surface area contributed by atoms with Gasteiger partial charge in [0.25, 0.3) is 0 Å². The number of amides is 1. The van der Waals surface area contributed by atoms with E-state index in [-0.39, 0.29) is 11.8 Å². The molecule has 160 valence electrons. The van der Waals surface area contributed by atoms with Crippen molar-refractivity contribution in [1.82, 2.24) is 9.29 Å². The number of anilines is 1. The van der Waals surface area contributed by atoms with Crippen LogP contribution in [0.1, 0.15) is 18.4 Å². The molecule has 1 aliphatic heterocycles. The summed E-state index contributed by atoms with van der Waals surface area (Å²) in [6.07, 6.45) is 5.52. The molecule has 1 amide bonds. The quantitative estimate of drug-likeness (QED) is 0.629. The Hall–Kier alpha value is -3.23. The maximum absolute atomic E-state index is 12.7. The number of sulfonamides is 1. The molecule has 4 rings (SSSR count). The van der Waals surface area contributed by atoms with E-state index in [1.807, 2.05) is 54.6 Å². The second-order valence-corrected chi connectivity index (χ2v) is 9.19. The highest BCUT2D eigenvalue weighted by Gasteiger charge is 2.30. The Morgan fingerprint density at radius 1 is 1.10 bits per heavy atom. The lowest BCUT2D eigenvalue weighted by atomic mass is 9.97. The number of nitrogens with one attached hydrogen (secondary N) is 1. The summed E-state index contributed by atoms with van der Waals surface area (Å²) in [4.78, 5) is 16.6. The summed E-state index contributed by atoms with van der Waals surface area (Å²) in [5.74, 6) is 0.281. The fraction of sp³-hybridized carbons (Fsp3) is 0.217. The lowest BCUT2D eigenvalue weighted by Gasteiger charge is -2.29. The van der Waals surface area contributed by atoms with Crippen LogP contribution in [-0.4, -0.2) is 36.7 Å². The lowest BCUT2D eigenvalue weighted by molar-refractivity contribution is -0.120. The van der Waals surface area contributed by atoms with E-state index >= 15 is 0 Å². The molecule has 0 aliphatic carbocycles. The van der Waals surface area contributed by atoms with Crippen molar-refractivity contribution in [3.63, 3.8) is 0 Å². The van der Waals surface area contributed by atoms with E-state index in [0.29, 0.717) is 37.4 Å². The third kappa shape index (κ3) is 5.28. The number of hydrogen-bond acceptors (Lipinski definition) is 5.